The lowest BCUT2D eigenvalue weighted by Gasteiger charge is -2.27. The molecule has 0 aromatic heterocycles. The average Bonchev–Trinajstić information content (AvgIpc) is 3.70. The van der Waals surface area contributed by atoms with Gasteiger partial charge in [0.05, 0.1) is 6.16 Å². The number of halogens is 1. The first kappa shape index (κ1) is 21.2. The van der Waals surface area contributed by atoms with Crippen LogP contribution in [-0.4, -0.2) is 6.16 Å². The van der Waals surface area contributed by atoms with Crippen LogP contribution in [0.4, 0.5) is 0 Å². The molecule has 0 N–H and O–H groups in total. The van der Waals surface area contributed by atoms with E-state index >= 15 is 0 Å². The fraction of sp³-hybridized carbons (Fsp3) is 0.133. The zero-order valence-corrected chi connectivity index (χ0v) is 19.7. The molecule has 2 heteroatoms. The van der Waals surface area contributed by atoms with E-state index in [9.17, 15) is 0 Å². The number of allylic oxidation sites excluding steroid dienone is 2. The van der Waals surface area contributed by atoms with Gasteiger partial charge in [-0.2, -0.15) is 0 Å². The van der Waals surface area contributed by atoms with Crippen LogP contribution in [0.5, 0.6) is 0 Å². The lowest BCUT2D eigenvalue weighted by atomic mass is 10.0. The van der Waals surface area contributed by atoms with Crippen molar-refractivity contribution in [2.75, 3.05) is 6.16 Å². The zero-order chi connectivity index (χ0) is 21.8. The lowest BCUT2D eigenvalue weighted by molar-refractivity contribution is 1.14. The van der Waals surface area contributed by atoms with Crippen molar-refractivity contribution in [3.05, 3.63) is 132 Å². The predicted molar refractivity (Wildman–Crippen MR) is 142 cm³/mol. The van der Waals surface area contributed by atoms with Gasteiger partial charge in [0.1, 0.15) is 23.2 Å². The van der Waals surface area contributed by atoms with Crippen LogP contribution in [0.2, 0.25) is 5.02 Å². The van der Waals surface area contributed by atoms with Gasteiger partial charge in [-0.3, -0.25) is 0 Å². The molecule has 0 spiro atoms. The van der Waals surface area contributed by atoms with Crippen molar-refractivity contribution in [2.45, 2.75) is 12.8 Å². The highest BCUT2D eigenvalue weighted by molar-refractivity contribution is 7.95. The molecular formula is C30H27ClP+. The van der Waals surface area contributed by atoms with E-state index in [1.54, 1.807) is 0 Å². The molecule has 0 amide bonds. The van der Waals surface area contributed by atoms with Crippen LogP contribution in [0, 0.1) is 5.92 Å². The normalized spacial score (nSPS) is 14.3. The number of hydrogen-bond donors (Lipinski definition) is 0. The quantitative estimate of drug-likeness (QED) is 0.261. The van der Waals surface area contributed by atoms with Gasteiger partial charge >= 0.3 is 0 Å². The third kappa shape index (κ3) is 4.31. The highest BCUT2D eigenvalue weighted by atomic mass is 35.5. The van der Waals surface area contributed by atoms with Gasteiger partial charge < -0.3 is 0 Å². The van der Waals surface area contributed by atoms with Gasteiger partial charge in [0.2, 0.25) is 0 Å². The summed E-state index contributed by atoms with van der Waals surface area (Å²) in [6.45, 7) is 0. The Morgan fingerprint density at radius 3 is 1.50 bits per heavy atom. The number of benzene rings is 4. The molecule has 1 saturated carbocycles. The SMILES string of the molecule is Clc1ccc(C(=CC[P+](c2ccccc2)(c2ccccc2)c2ccccc2)C2CC2)cc1. The standard InChI is InChI=1S/C30H27ClP/c31-26-20-18-25(19-21-26)30(24-16-17-24)22-23-32(27-10-4-1-5-11-27,28-12-6-2-7-13-28)29-14-8-3-9-15-29/h1-15,18-22,24H,16-17,23H2/q+1. The van der Waals surface area contributed by atoms with Crippen molar-refractivity contribution < 1.29 is 0 Å². The fourth-order valence-corrected chi connectivity index (χ4v) is 8.77. The summed E-state index contributed by atoms with van der Waals surface area (Å²) >= 11 is 6.19. The van der Waals surface area contributed by atoms with Crippen molar-refractivity contribution in [2.24, 2.45) is 5.92 Å². The first-order valence-electron chi connectivity index (χ1n) is 11.3. The molecule has 1 aliphatic rings. The highest BCUT2D eigenvalue weighted by Gasteiger charge is 2.44. The molecule has 1 aliphatic carbocycles. The summed E-state index contributed by atoms with van der Waals surface area (Å²) < 4.78 is 0. The van der Waals surface area contributed by atoms with E-state index in [-0.39, 0.29) is 0 Å². The van der Waals surface area contributed by atoms with Gasteiger partial charge in [-0.15, -0.1) is 0 Å². The van der Waals surface area contributed by atoms with E-state index in [2.05, 4.69) is 109 Å². The summed E-state index contributed by atoms with van der Waals surface area (Å²) in [4.78, 5) is 0. The summed E-state index contributed by atoms with van der Waals surface area (Å²) in [5.41, 5.74) is 2.79. The Morgan fingerprint density at radius 1 is 0.656 bits per heavy atom. The molecule has 5 rings (SSSR count). The van der Waals surface area contributed by atoms with E-state index in [0.29, 0.717) is 5.92 Å². The summed E-state index contributed by atoms with van der Waals surface area (Å²) in [5.74, 6) is 0.667. The van der Waals surface area contributed by atoms with Gasteiger partial charge in [0, 0.05) is 5.02 Å². The van der Waals surface area contributed by atoms with Gasteiger partial charge in [-0.25, -0.2) is 0 Å². The van der Waals surface area contributed by atoms with Crippen molar-refractivity contribution >= 4 is 40.4 Å². The Morgan fingerprint density at radius 2 is 1.09 bits per heavy atom. The molecule has 1 fully saturated rings. The molecule has 0 heterocycles. The predicted octanol–water partition coefficient (Wildman–Crippen LogP) is 7.13. The van der Waals surface area contributed by atoms with Crippen molar-refractivity contribution in [1.82, 2.24) is 0 Å². The van der Waals surface area contributed by atoms with Crippen LogP contribution in [-0.2, 0) is 0 Å². The van der Waals surface area contributed by atoms with Crippen LogP contribution in [0.1, 0.15) is 18.4 Å². The van der Waals surface area contributed by atoms with Gasteiger partial charge in [0.25, 0.3) is 0 Å². The molecular weight excluding hydrogens is 427 g/mol. The minimum atomic E-state index is -1.85. The Hall–Kier alpha value is -2.66. The second-order valence-electron chi connectivity index (χ2n) is 8.44. The van der Waals surface area contributed by atoms with E-state index in [1.165, 1.54) is 39.9 Å². The summed E-state index contributed by atoms with van der Waals surface area (Å²) in [7, 11) is -1.85. The van der Waals surface area contributed by atoms with Crippen molar-refractivity contribution in [3.8, 4) is 0 Å². The molecule has 0 saturated heterocycles. The molecule has 158 valence electrons. The van der Waals surface area contributed by atoms with Gasteiger partial charge in [-0.05, 0) is 84.5 Å². The van der Waals surface area contributed by atoms with Crippen molar-refractivity contribution in [1.29, 1.82) is 0 Å². The highest BCUT2D eigenvalue weighted by Crippen LogP contribution is 2.56. The average molecular weight is 454 g/mol. The maximum Gasteiger partial charge on any atom is 0.115 e. The van der Waals surface area contributed by atoms with E-state index in [1.807, 2.05) is 12.1 Å². The zero-order valence-electron chi connectivity index (χ0n) is 18.1. The minimum absolute atomic E-state index is 0.667. The molecule has 0 unspecified atom stereocenters. The van der Waals surface area contributed by atoms with Crippen LogP contribution in [0.25, 0.3) is 5.57 Å². The monoisotopic (exact) mass is 453 g/mol. The van der Waals surface area contributed by atoms with Crippen LogP contribution in [0.15, 0.2) is 121 Å². The largest absolute Gasteiger partial charge is 0.115 e. The molecule has 0 radical (unpaired) electrons. The van der Waals surface area contributed by atoms with E-state index in [4.69, 9.17) is 11.6 Å². The number of hydrogen-bond acceptors (Lipinski definition) is 0. The molecule has 4 aromatic carbocycles. The summed E-state index contributed by atoms with van der Waals surface area (Å²) in [6, 6.07) is 41.8. The molecule has 4 aromatic rings. The Labute approximate surface area is 196 Å². The molecule has 0 nitrogen and oxygen atoms in total. The van der Waals surface area contributed by atoms with E-state index < -0.39 is 7.26 Å². The Bertz CT molecular complexity index is 1080. The van der Waals surface area contributed by atoms with E-state index in [0.717, 1.165) is 11.2 Å². The molecule has 0 bridgehead atoms. The third-order valence-corrected chi connectivity index (χ3v) is 10.9. The van der Waals surface area contributed by atoms with Crippen molar-refractivity contribution in [3.63, 3.8) is 0 Å². The molecule has 0 atom stereocenters. The molecule has 0 aliphatic heterocycles. The maximum absolute atomic E-state index is 6.19. The van der Waals surface area contributed by atoms with Gasteiger partial charge in [0.15, 0.2) is 0 Å². The first-order valence-corrected chi connectivity index (χ1v) is 13.6. The Balaban J connectivity index is 1.69. The minimum Gasteiger partial charge on any atom is -0.0843 e. The summed E-state index contributed by atoms with van der Waals surface area (Å²) in [6.07, 6.45) is 6.12. The lowest BCUT2D eigenvalue weighted by Crippen LogP contribution is -2.33. The van der Waals surface area contributed by atoms with Crippen LogP contribution in [0.3, 0.4) is 0 Å². The molecule has 32 heavy (non-hydrogen) atoms. The second kappa shape index (κ2) is 9.45. The fourth-order valence-electron chi connectivity index (χ4n) is 4.60. The van der Waals surface area contributed by atoms with Crippen LogP contribution < -0.4 is 15.9 Å². The Kier molecular flexibility index (Phi) is 6.26. The topological polar surface area (TPSA) is 0 Å². The third-order valence-electron chi connectivity index (χ3n) is 6.37. The smallest absolute Gasteiger partial charge is 0.0843 e. The van der Waals surface area contributed by atoms with Gasteiger partial charge in [-0.1, -0.05) is 78.3 Å². The second-order valence-corrected chi connectivity index (χ2v) is 12.4. The first-order chi connectivity index (χ1) is 15.8. The maximum atomic E-state index is 6.19. The summed E-state index contributed by atoms with van der Waals surface area (Å²) in [5, 5.41) is 5.09. The van der Waals surface area contributed by atoms with Crippen LogP contribution >= 0.6 is 18.9 Å². The number of rotatable bonds is 7.